The molecule has 0 radical (unpaired) electrons. The first-order valence-electron chi connectivity index (χ1n) is 10.3. The van der Waals surface area contributed by atoms with Crippen molar-refractivity contribution >= 4 is 6.09 Å². The molecule has 0 aliphatic heterocycles. The van der Waals surface area contributed by atoms with Gasteiger partial charge in [-0.2, -0.15) is 0 Å². The lowest BCUT2D eigenvalue weighted by molar-refractivity contribution is 0.0124. The minimum atomic E-state index is -1.24. The zero-order valence-corrected chi connectivity index (χ0v) is 16.9. The van der Waals surface area contributed by atoms with E-state index in [2.05, 4.69) is 29.6 Å². The molecule has 0 saturated heterocycles. The Morgan fingerprint density at radius 1 is 0.903 bits per heavy atom. The van der Waals surface area contributed by atoms with Crippen molar-refractivity contribution in [2.24, 2.45) is 0 Å². The summed E-state index contributed by atoms with van der Waals surface area (Å²) in [6.07, 6.45) is -2.85. The molecule has 0 spiro atoms. The van der Waals surface area contributed by atoms with Gasteiger partial charge in [-0.3, -0.25) is 0 Å². The minimum Gasteiger partial charge on any atom is -0.508 e. The first-order chi connectivity index (χ1) is 15.1. The molecule has 6 heteroatoms. The average Bonchev–Trinajstić information content (AvgIpc) is 3.11. The summed E-state index contributed by atoms with van der Waals surface area (Å²) >= 11 is 0. The molecule has 4 rings (SSSR count). The molecule has 0 heterocycles. The maximum Gasteiger partial charge on any atom is 0.407 e. The number of aromatic hydroxyl groups is 1. The number of ether oxygens (including phenoxy) is 1. The fourth-order valence-electron chi connectivity index (χ4n) is 4.07. The Morgan fingerprint density at radius 3 is 2.13 bits per heavy atom. The molecule has 6 nitrogen and oxygen atoms in total. The molecule has 1 aliphatic rings. The minimum absolute atomic E-state index is 0.0216. The summed E-state index contributed by atoms with van der Waals surface area (Å²) in [5.74, 6) is -0.106. The fourth-order valence-corrected chi connectivity index (χ4v) is 4.07. The number of rotatable bonds is 7. The van der Waals surface area contributed by atoms with Crippen LogP contribution in [0.15, 0.2) is 72.8 Å². The zero-order valence-electron chi connectivity index (χ0n) is 16.9. The Morgan fingerprint density at radius 2 is 1.48 bits per heavy atom. The van der Waals surface area contributed by atoms with Crippen LogP contribution in [0.5, 0.6) is 5.75 Å². The topological polar surface area (TPSA) is 99.0 Å². The predicted molar refractivity (Wildman–Crippen MR) is 117 cm³/mol. The Labute approximate surface area is 180 Å². The first kappa shape index (κ1) is 20.9. The van der Waals surface area contributed by atoms with Crippen LogP contribution in [-0.4, -0.2) is 40.7 Å². The Kier molecular flexibility index (Phi) is 6.21. The van der Waals surface area contributed by atoms with Crippen LogP contribution in [0, 0.1) is 0 Å². The first-order valence-corrected chi connectivity index (χ1v) is 10.3. The van der Waals surface area contributed by atoms with Crippen molar-refractivity contribution in [3.05, 3.63) is 89.5 Å². The molecule has 160 valence electrons. The zero-order chi connectivity index (χ0) is 21.8. The third-order valence-electron chi connectivity index (χ3n) is 5.67. The van der Waals surface area contributed by atoms with Gasteiger partial charge in [-0.25, -0.2) is 4.79 Å². The molecule has 31 heavy (non-hydrogen) atoms. The third kappa shape index (κ3) is 4.40. The van der Waals surface area contributed by atoms with Gasteiger partial charge in [0.05, 0.1) is 6.10 Å². The molecule has 1 amide bonds. The molecule has 0 fully saturated rings. The molecular weight excluding hydrogens is 394 g/mol. The lowest BCUT2D eigenvalue weighted by Crippen LogP contribution is -2.30. The predicted octanol–water partition coefficient (Wildman–Crippen LogP) is 3.72. The summed E-state index contributed by atoms with van der Waals surface area (Å²) in [5.41, 5.74) is 4.84. The van der Waals surface area contributed by atoms with Crippen LogP contribution in [0.1, 0.15) is 35.1 Å². The van der Waals surface area contributed by atoms with Gasteiger partial charge in [0.15, 0.2) is 0 Å². The van der Waals surface area contributed by atoms with Crippen molar-refractivity contribution in [2.75, 3.05) is 13.2 Å². The number of fused-ring (bicyclic) bond motifs is 3. The number of amides is 1. The summed E-state index contributed by atoms with van der Waals surface area (Å²) in [6.45, 7) is 0.339. The van der Waals surface area contributed by atoms with Gasteiger partial charge in [0.2, 0.25) is 0 Å². The number of phenolic OH excluding ortho intramolecular Hbond substituents is 1. The quantitative estimate of drug-likeness (QED) is 0.468. The maximum absolute atomic E-state index is 12.2. The summed E-state index contributed by atoms with van der Waals surface area (Å²) in [6, 6.07) is 22.5. The average molecular weight is 419 g/mol. The van der Waals surface area contributed by atoms with Gasteiger partial charge in [-0.1, -0.05) is 66.7 Å². The monoisotopic (exact) mass is 419 g/mol. The van der Waals surface area contributed by atoms with Gasteiger partial charge in [0.1, 0.15) is 18.5 Å². The Balaban J connectivity index is 1.29. The van der Waals surface area contributed by atoms with Gasteiger partial charge >= 0.3 is 6.09 Å². The standard InChI is InChI=1S/C25H25NO5/c27-22-12-6-5-11-20(22)24(29)23(28)13-14-26-25(30)31-15-21-18-9-3-1-7-16(18)17-8-2-4-10-19(17)21/h1-12,21,23-24,27-29H,13-15H2,(H,26,30). The summed E-state index contributed by atoms with van der Waals surface area (Å²) < 4.78 is 5.45. The molecule has 0 aromatic heterocycles. The van der Waals surface area contributed by atoms with E-state index in [4.69, 9.17) is 4.74 Å². The van der Waals surface area contributed by atoms with Gasteiger partial charge < -0.3 is 25.4 Å². The largest absolute Gasteiger partial charge is 0.508 e. The van der Waals surface area contributed by atoms with Gasteiger partial charge in [0.25, 0.3) is 0 Å². The smallest absolute Gasteiger partial charge is 0.407 e. The van der Waals surface area contributed by atoms with E-state index in [1.54, 1.807) is 18.2 Å². The number of hydrogen-bond donors (Lipinski definition) is 4. The molecule has 2 atom stereocenters. The number of alkyl carbamates (subject to hydrolysis) is 1. The summed E-state index contributed by atoms with van der Waals surface area (Å²) in [4.78, 5) is 12.2. The number of carbonyl (C=O) groups is 1. The van der Waals surface area contributed by atoms with E-state index in [1.807, 2.05) is 24.3 Å². The second kappa shape index (κ2) is 9.20. The molecule has 2 unspecified atom stereocenters. The SMILES string of the molecule is O=C(NCCC(O)C(O)c1ccccc1O)OCC1c2ccccc2-c2ccccc21. The second-order valence-electron chi connectivity index (χ2n) is 7.61. The van der Waals surface area contributed by atoms with Crippen molar-refractivity contribution in [2.45, 2.75) is 24.5 Å². The van der Waals surface area contributed by atoms with Crippen molar-refractivity contribution in [1.82, 2.24) is 5.32 Å². The summed E-state index contributed by atoms with van der Waals surface area (Å²) in [5, 5.41) is 32.8. The van der Waals surface area contributed by atoms with Crippen molar-refractivity contribution in [3.8, 4) is 16.9 Å². The Hall–Kier alpha value is -3.35. The van der Waals surface area contributed by atoms with Crippen LogP contribution in [0.25, 0.3) is 11.1 Å². The Bertz CT molecular complexity index is 1020. The van der Waals surface area contributed by atoms with Gasteiger partial charge in [-0.05, 0) is 34.7 Å². The number of aliphatic hydroxyl groups is 2. The van der Waals surface area contributed by atoms with Crippen molar-refractivity contribution < 1.29 is 24.9 Å². The highest BCUT2D eigenvalue weighted by molar-refractivity contribution is 5.79. The highest BCUT2D eigenvalue weighted by Gasteiger charge is 2.29. The fraction of sp³-hybridized carbons (Fsp3) is 0.240. The van der Waals surface area contributed by atoms with E-state index in [9.17, 15) is 20.1 Å². The number of carbonyl (C=O) groups excluding carboxylic acids is 1. The number of phenols is 1. The lowest BCUT2D eigenvalue weighted by atomic mass is 9.98. The third-order valence-corrected chi connectivity index (χ3v) is 5.67. The van der Waals surface area contributed by atoms with E-state index in [1.165, 1.54) is 6.07 Å². The number of hydrogen-bond acceptors (Lipinski definition) is 5. The molecule has 4 N–H and O–H groups in total. The normalized spacial score (nSPS) is 14.4. The molecule has 0 saturated carbocycles. The van der Waals surface area contributed by atoms with E-state index >= 15 is 0 Å². The van der Waals surface area contributed by atoms with E-state index in [0.717, 1.165) is 22.3 Å². The second-order valence-corrected chi connectivity index (χ2v) is 7.61. The van der Waals surface area contributed by atoms with Crippen LogP contribution in [0.4, 0.5) is 4.79 Å². The highest BCUT2D eigenvalue weighted by atomic mass is 16.5. The van der Waals surface area contributed by atoms with Gasteiger partial charge in [0, 0.05) is 18.0 Å². The number of benzene rings is 3. The summed E-state index contributed by atoms with van der Waals surface area (Å²) in [7, 11) is 0. The number of aliphatic hydroxyl groups excluding tert-OH is 2. The van der Waals surface area contributed by atoms with Gasteiger partial charge in [-0.15, -0.1) is 0 Å². The van der Waals surface area contributed by atoms with Crippen molar-refractivity contribution in [1.29, 1.82) is 0 Å². The van der Waals surface area contributed by atoms with Crippen LogP contribution in [-0.2, 0) is 4.74 Å². The van der Waals surface area contributed by atoms with E-state index in [0.29, 0.717) is 0 Å². The molecule has 0 bridgehead atoms. The number of para-hydroxylation sites is 1. The van der Waals surface area contributed by atoms with Crippen LogP contribution < -0.4 is 5.32 Å². The maximum atomic E-state index is 12.2. The number of nitrogens with one attached hydrogen (secondary N) is 1. The van der Waals surface area contributed by atoms with Crippen molar-refractivity contribution in [3.63, 3.8) is 0 Å². The lowest BCUT2D eigenvalue weighted by Gasteiger charge is -2.19. The van der Waals surface area contributed by atoms with E-state index < -0.39 is 18.3 Å². The molecule has 3 aromatic rings. The van der Waals surface area contributed by atoms with Crippen LogP contribution in [0.3, 0.4) is 0 Å². The highest BCUT2D eigenvalue weighted by Crippen LogP contribution is 2.44. The molecule has 1 aliphatic carbocycles. The molecule has 3 aromatic carbocycles. The molecular formula is C25H25NO5. The van der Waals surface area contributed by atoms with Crippen LogP contribution in [0.2, 0.25) is 0 Å². The van der Waals surface area contributed by atoms with Crippen LogP contribution >= 0.6 is 0 Å². The van der Waals surface area contributed by atoms with E-state index in [-0.39, 0.29) is 36.8 Å².